The summed E-state index contributed by atoms with van der Waals surface area (Å²) in [5.41, 5.74) is 1.30. The monoisotopic (exact) mass is 293 g/mol. The number of nitrogens with zero attached hydrogens (tertiary/aromatic N) is 1. The van der Waals surface area contributed by atoms with Gasteiger partial charge in [-0.05, 0) is 55.5 Å². The second-order valence-electron chi connectivity index (χ2n) is 6.60. The lowest BCUT2D eigenvalue weighted by molar-refractivity contribution is 0.0595. The molecular formula is C17H24FNO2. The number of hydrogen-bond donors (Lipinski definition) is 0. The molecule has 0 bridgehead atoms. The van der Waals surface area contributed by atoms with Gasteiger partial charge < -0.3 is 4.74 Å². The maximum atomic E-state index is 13.9. The number of rotatable bonds is 3. The van der Waals surface area contributed by atoms with Crippen molar-refractivity contribution in [1.29, 1.82) is 0 Å². The maximum absolute atomic E-state index is 13.9. The second-order valence-corrected chi connectivity index (χ2v) is 6.60. The zero-order valence-electron chi connectivity index (χ0n) is 13.1. The van der Waals surface area contributed by atoms with E-state index >= 15 is 0 Å². The van der Waals surface area contributed by atoms with Gasteiger partial charge in [0.05, 0.1) is 12.7 Å². The minimum atomic E-state index is -0.629. The SMILES string of the molecule is COC(=O)c1ccc(CN2CCCC(C)(C)CC2)cc1F. The lowest BCUT2D eigenvalue weighted by atomic mass is 9.85. The largest absolute Gasteiger partial charge is 0.465 e. The Morgan fingerprint density at radius 3 is 2.76 bits per heavy atom. The van der Waals surface area contributed by atoms with E-state index in [1.165, 1.54) is 32.1 Å². The van der Waals surface area contributed by atoms with Crippen LogP contribution in [-0.2, 0) is 11.3 Å². The van der Waals surface area contributed by atoms with Crippen LogP contribution in [0.3, 0.4) is 0 Å². The summed E-state index contributed by atoms with van der Waals surface area (Å²) in [4.78, 5) is 13.7. The standard InChI is InChI=1S/C17H24FNO2/c1-17(2)7-4-9-19(10-8-17)12-13-5-6-14(15(18)11-13)16(20)21-3/h5-6,11H,4,7-10,12H2,1-3H3. The summed E-state index contributed by atoms with van der Waals surface area (Å²) in [5, 5.41) is 0. The number of likely N-dealkylation sites (tertiary alicyclic amines) is 1. The van der Waals surface area contributed by atoms with Crippen LogP contribution >= 0.6 is 0 Å². The fraction of sp³-hybridized carbons (Fsp3) is 0.588. The summed E-state index contributed by atoms with van der Waals surface area (Å²) >= 11 is 0. The van der Waals surface area contributed by atoms with Gasteiger partial charge in [-0.3, -0.25) is 4.90 Å². The van der Waals surface area contributed by atoms with Gasteiger partial charge in [-0.1, -0.05) is 19.9 Å². The van der Waals surface area contributed by atoms with E-state index in [9.17, 15) is 9.18 Å². The molecule has 0 amide bonds. The predicted molar refractivity (Wildman–Crippen MR) is 80.6 cm³/mol. The molecule has 0 radical (unpaired) electrons. The van der Waals surface area contributed by atoms with E-state index in [1.54, 1.807) is 0 Å². The molecule has 0 aromatic heterocycles. The zero-order chi connectivity index (χ0) is 15.5. The summed E-state index contributed by atoms with van der Waals surface area (Å²) in [6, 6.07) is 4.77. The summed E-state index contributed by atoms with van der Waals surface area (Å²) < 4.78 is 18.5. The van der Waals surface area contributed by atoms with Crippen molar-refractivity contribution in [2.45, 2.75) is 39.7 Å². The molecule has 1 fully saturated rings. The van der Waals surface area contributed by atoms with E-state index in [0.717, 1.165) is 31.6 Å². The Morgan fingerprint density at radius 1 is 1.33 bits per heavy atom. The van der Waals surface area contributed by atoms with Crippen LogP contribution in [0.15, 0.2) is 18.2 Å². The smallest absolute Gasteiger partial charge is 0.340 e. The first-order chi connectivity index (χ1) is 9.91. The third-order valence-corrected chi connectivity index (χ3v) is 4.28. The van der Waals surface area contributed by atoms with E-state index in [4.69, 9.17) is 0 Å². The van der Waals surface area contributed by atoms with Gasteiger partial charge in [0.15, 0.2) is 0 Å². The lowest BCUT2D eigenvalue weighted by Gasteiger charge is -2.23. The van der Waals surface area contributed by atoms with Crippen LogP contribution in [0.2, 0.25) is 0 Å². The van der Waals surface area contributed by atoms with Crippen LogP contribution in [0.1, 0.15) is 49.0 Å². The maximum Gasteiger partial charge on any atom is 0.340 e. The van der Waals surface area contributed by atoms with E-state index in [-0.39, 0.29) is 5.56 Å². The molecule has 0 unspecified atom stereocenters. The van der Waals surface area contributed by atoms with E-state index in [0.29, 0.717) is 5.41 Å². The number of hydrogen-bond acceptors (Lipinski definition) is 3. The summed E-state index contributed by atoms with van der Waals surface area (Å²) in [6.07, 6.45) is 3.57. The van der Waals surface area contributed by atoms with Gasteiger partial charge in [-0.15, -0.1) is 0 Å². The fourth-order valence-electron chi connectivity index (χ4n) is 2.83. The second kappa shape index (κ2) is 6.56. The van der Waals surface area contributed by atoms with Crippen LogP contribution in [0, 0.1) is 11.2 Å². The van der Waals surface area contributed by atoms with Crippen LogP contribution < -0.4 is 0 Å². The van der Waals surface area contributed by atoms with Crippen LogP contribution in [-0.4, -0.2) is 31.1 Å². The molecule has 1 saturated heterocycles. The third kappa shape index (κ3) is 4.27. The van der Waals surface area contributed by atoms with Gasteiger partial charge in [0.25, 0.3) is 0 Å². The summed E-state index contributed by atoms with van der Waals surface area (Å²) in [5.74, 6) is -1.13. The van der Waals surface area contributed by atoms with Crippen molar-refractivity contribution in [2.24, 2.45) is 5.41 Å². The minimum Gasteiger partial charge on any atom is -0.465 e. The molecule has 0 atom stereocenters. The first-order valence-electron chi connectivity index (χ1n) is 7.50. The van der Waals surface area contributed by atoms with E-state index < -0.39 is 11.8 Å². The van der Waals surface area contributed by atoms with E-state index in [1.807, 2.05) is 6.07 Å². The average molecular weight is 293 g/mol. The molecular weight excluding hydrogens is 269 g/mol. The number of ether oxygens (including phenoxy) is 1. The quantitative estimate of drug-likeness (QED) is 0.797. The molecule has 1 aromatic rings. The normalized spacial score (nSPS) is 19.0. The Labute approximate surface area is 126 Å². The summed E-state index contributed by atoms with van der Waals surface area (Å²) in [6.45, 7) is 7.42. The third-order valence-electron chi connectivity index (χ3n) is 4.28. The molecule has 116 valence electrons. The van der Waals surface area contributed by atoms with E-state index in [2.05, 4.69) is 23.5 Å². The molecule has 1 aromatic carbocycles. The molecule has 1 aliphatic heterocycles. The predicted octanol–water partition coefficient (Wildman–Crippen LogP) is 3.62. The molecule has 1 aliphatic rings. The van der Waals surface area contributed by atoms with Crippen LogP contribution in [0.5, 0.6) is 0 Å². The molecule has 4 heteroatoms. The first-order valence-corrected chi connectivity index (χ1v) is 7.50. The Hall–Kier alpha value is -1.42. The highest BCUT2D eigenvalue weighted by Crippen LogP contribution is 2.30. The van der Waals surface area contributed by atoms with Gasteiger partial charge in [0.2, 0.25) is 0 Å². The average Bonchev–Trinajstić information content (AvgIpc) is 2.59. The Balaban J connectivity index is 2.03. The van der Waals surface area contributed by atoms with Crippen LogP contribution in [0.25, 0.3) is 0 Å². The number of methoxy groups -OCH3 is 1. The topological polar surface area (TPSA) is 29.5 Å². The molecule has 3 nitrogen and oxygen atoms in total. The highest BCUT2D eigenvalue weighted by atomic mass is 19.1. The zero-order valence-corrected chi connectivity index (χ0v) is 13.1. The molecule has 0 aliphatic carbocycles. The Morgan fingerprint density at radius 2 is 2.10 bits per heavy atom. The number of benzene rings is 1. The molecule has 21 heavy (non-hydrogen) atoms. The van der Waals surface area contributed by atoms with Gasteiger partial charge in [0, 0.05) is 6.54 Å². The van der Waals surface area contributed by atoms with Crippen molar-refractivity contribution in [3.05, 3.63) is 35.1 Å². The minimum absolute atomic E-state index is 0.00162. The number of carbonyl (C=O) groups excluding carboxylic acids is 1. The van der Waals surface area contributed by atoms with Gasteiger partial charge in [-0.2, -0.15) is 0 Å². The molecule has 0 N–H and O–H groups in total. The lowest BCUT2D eigenvalue weighted by Crippen LogP contribution is -2.25. The van der Waals surface area contributed by atoms with Gasteiger partial charge in [0.1, 0.15) is 5.82 Å². The van der Waals surface area contributed by atoms with Gasteiger partial charge in [-0.25, -0.2) is 9.18 Å². The molecule has 1 heterocycles. The molecule has 0 saturated carbocycles. The molecule has 0 spiro atoms. The van der Waals surface area contributed by atoms with Crippen molar-refractivity contribution < 1.29 is 13.9 Å². The molecule has 2 rings (SSSR count). The fourth-order valence-corrected chi connectivity index (χ4v) is 2.83. The van der Waals surface area contributed by atoms with Crippen molar-refractivity contribution >= 4 is 5.97 Å². The number of carbonyl (C=O) groups is 1. The highest BCUT2D eigenvalue weighted by molar-refractivity contribution is 5.89. The number of esters is 1. The number of halogens is 1. The van der Waals surface area contributed by atoms with Crippen molar-refractivity contribution in [3.8, 4) is 0 Å². The van der Waals surface area contributed by atoms with Gasteiger partial charge >= 0.3 is 5.97 Å². The first kappa shape index (κ1) is 16.0. The highest BCUT2D eigenvalue weighted by Gasteiger charge is 2.23. The van der Waals surface area contributed by atoms with Crippen molar-refractivity contribution in [1.82, 2.24) is 4.90 Å². The van der Waals surface area contributed by atoms with Crippen molar-refractivity contribution in [2.75, 3.05) is 20.2 Å². The summed E-state index contributed by atoms with van der Waals surface area (Å²) in [7, 11) is 1.26. The Bertz CT molecular complexity index is 514. The Kier molecular flexibility index (Phi) is 4.99. The van der Waals surface area contributed by atoms with Crippen molar-refractivity contribution in [3.63, 3.8) is 0 Å². The van der Waals surface area contributed by atoms with Crippen LogP contribution in [0.4, 0.5) is 4.39 Å².